The van der Waals surface area contributed by atoms with Gasteiger partial charge in [-0.25, -0.2) is 18.2 Å². The van der Waals surface area contributed by atoms with Crippen molar-refractivity contribution in [3.63, 3.8) is 0 Å². The van der Waals surface area contributed by atoms with Crippen LogP contribution in [0.25, 0.3) is 16.9 Å². The third-order valence-electron chi connectivity index (χ3n) is 4.20. The molecule has 10 heteroatoms. The van der Waals surface area contributed by atoms with Crippen LogP contribution in [-0.2, 0) is 16.2 Å². The molecule has 1 aromatic heterocycles. The van der Waals surface area contributed by atoms with Crippen molar-refractivity contribution in [2.45, 2.75) is 18.0 Å². The fourth-order valence-corrected chi connectivity index (χ4v) is 3.32. The van der Waals surface area contributed by atoms with Crippen LogP contribution in [0.2, 0.25) is 0 Å². The molecule has 0 bridgehead atoms. The molecule has 0 aliphatic rings. The summed E-state index contributed by atoms with van der Waals surface area (Å²) in [7, 11) is -2.16. The van der Waals surface area contributed by atoms with Gasteiger partial charge in [-0.1, -0.05) is 6.07 Å². The van der Waals surface area contributed by atoms with E-state index in [0.29, 0.717) is 5.56 Å². The smallest absolute Gasteiger partial charge is 0.388 e. The molecule has 0 aliphatic carbocycles. The highest BCUT2D eigenvalue weighted by Gasteiger charge is 2.35. The summed E-state index contributed by atoms with van der Waals surface area (Å²) in [5.41, 5.74) is 1.69. The van der Waals surface area contributed by atoms with Gasteiger partial charge in [0.15, 0.2) is 5.69 Å². The molecule has 2 aromatic carbocycles. The Hall–Kier alpha value is -2.85. The minimum absolute atomic E-state index is 0.143. The van der Waals surface area contributed by atoms with Crippen LogP contribution in [0.15, 0.2) is 53.4 Å². The SMILES string of the molecule is CNc1ccc(-c2cc(C(F)(F)F)nn2-c2ccc(S(N)(=O)=O)cc2)cc1C. The van der Waals surface area contributed by atoms with Crippen LogP contribution < -0.4 is 10.5 Å². The second kappa shape index (κ2) is 6.95. The normalized spacial score (nSPS) is 12.2. The highest BCUT2D eigenvalue weighted by atomic mass is 32.2. The Morgan fingerprint density at radius 3 is 2.21 bits per heavy atom. The number of halogens is 3. The van der Waals surface area contributed by atoms with Gasteiger partial charge in [-0.2, -0.15) is 18.3 Å². The van der Waals surface area contributed by atoms with Gasteiger partial charge in [0.1, 0.15) is 0 Å². The predicted octanol–water partition coefficient (Wildman–Crippen LogP) is 3.56. The lowest BCUT2D eigenvalue weighted by atomic mass is 10.1. The second-order valence-electron chi connectivity index (χ2n) is 6.14. The van der Waals surface area contributed by atoms with E-state index in [1.165, 1.54) is 24.3 Å². The average molecular weight is 410 g/mol. The number of aryl methyl sites for hydroxylation is 1. The molecular formula is C18H17F3N4O2S. The molecule has 0 unspecified atom stereocenters. The minimum atomic E-state index is -4.62. The lowest BCUT2D eigenvalue weighted by molar-refractivity contribution is -0.141. The first-order chi connectivity index (χ1) is 13.0. The first-order valence-corrected chi connectivity index (χ1v) is 9.64. The first kappa shape index (κ1) is 19.9. The highest BCUT2D eigenvalue weighted by molar-refractivity contribution is 7.89. The molecule has 0 saturated carbocycles. The number of nitrogens with one attached hydrogen (secondary N) is 1. The fraction of sp³-hybridized carbons (Fsp3) is 0.167. The number of benzene rings is 2. The number of hydrogen-bond donors (Lipinski definition) is 2. The molecule has 0 amide bonds. The van der Waals surface area contributed by atoms with Gasteiger partial charge in [0.05, 0.1) is 16.3 Å². The Morgan fingerprint density at radius 2 is 1.71 bits per heavy atom. The van der Waals surface area contributed by atoms with Crippen LogP contribution in [0.4, 0.5) is 18.9 Å². The Morgan fingerprint density at radius 1 is 1.07 bits per heavy atom. The predicted molar refractivity (Wildman–Crippen MR) is 99.7 cm³/mol. The number of alkyl halides is 3. The van der Waals surface area contributed by atoms with Crippen LogP contribution in [0.3, 0.4) is 0 Å². The number of anilines is 1. The maximum Gasteiger partial charge on any atom is 0.435 e. The van der Waals surface area contributed by atoms with Gasteiger partial charge in [-0.15, -0.1) is 0 Å². The molecule has 3 aromatic rings. The summed E-state index contributed by atoms with van der Waals surface area (Å²) in [6, 6.07) is 11.3. The molecule has 0 aliphatic heterocycles. The van der Waals surface area contributed by atoms with Gasteiger partial charge in [0, 0.05) is 18.3 Å². The molecule has 3 rings (SSSR count). The largest absolute Gasteiger partial charge is 0.435 e. The van der Waals surface area contributed by atoms with Crippen LogP contribution in [0.5, 0.6) is 0 Å². The van der Waals surface area contributed by atoms with Crippen molar-refractivity contribution in [1.29, 1.82) is 0 Å². The van der Waals surface area contributed by atoms with Crippen molar-refractivity contribution in [3.8, 4) is 16.9 Å². The molecular weight excluding hydrogens is 393 g/mol. The van der Waals surface area contributed by atoms with E-state index in [9.17, 15) is 21.6 Å². The van der Waals surface area contributed by atoms with Gasteiger partial charge in [-0.3, -0.25) is 0 Å². The summed E-state index contributed by atoms with van der Waals surface area (Å²) in [5.74, 6) is 0. The maximum atomic E-state index is 13.2. The molecule has 0 saturated heterocycles. The van der Waals surface area contributed by atoms with Gasteiger partial charge in [-0.05, 0) is 55.0 Å². The number of nitrogens with zero attached hydrogens (tertiary/aromatic N) is 2. The fourth-order valence-electron chi connectivity index (χ4n) is 2.80. The molecule has 28 heavy (non-hydrogen) atoms. The summed E-state index contributed by atoms with van der Waals surface area (Å²) >= 11 is 0. The summed E-state index contributed by atoms with van der Waals surface area (Å²) < 4.78 is 63.7. The molecule has 0 fully saturated rings. The van der Waals surface area contributed by atoms with E-state index in [4.69, 9.17) is 5.14 Å². The maximum absolute atomic E-state index is 13.2. The number of rotatable bonds is 4. The topological polar surface area (TPSA) is 90.0 Å². The monoisotopic (exact) mass is 410 g/mol. The molecule has 3 N–H and O–H groups in total. The summed E-state index contributed by atoms with van der Waals surface area (Å²) in [4.78, 5) is -0.143. The first-order valence-electron chi connectivity index (χ1n) is 8.10. The van der Waals surface area contributed by atoms with Crippen molar-refractivity contribution in [2.75, 3.05) is 12.4 Å². The van der Waals surface area contributed by atoms with Crippen molar-refractivity contribution in [1.82, 2.24) is 9.78 Å². The highest BCUT2D eigenvalue weighted by Crippen LogP contribution is 2.34. The minimum Gasteiger partial charge on any atom is -0.388 e. The van der Waals surface area contributed by atoms with Gasteiger partial charge in [0.25, 0.3) is 0 Å². The Labute approximate surface area is 159 Å². The zero-order chi connectivity index (χ0) is 20.7. The van der Waals surface area contributed by atoms with Crippen LogP contribution in [-0.4, -0.2) is 25.2 Å². The van der Waals surface area contributed by atoms with Crippen molar-refractivity contribution >= 4 is 15.7 Å². The van der Waals surface area contributed by atoms with Gasteiger partial charge in [0.2, 0.25) is 10.0 Å². The molecule has 0 spiro atoms. The van der Waals surface area contributed by atoms with Crippen LogP contribution in [0.1, 0.15) is 11.3 Å². The van der Waals surface area contributed by atoms with Crippen molar-refractivity contribution in [2.24, 2.45) is 5.14 Å². The van der Waals surface area contributed by atoms with Crippen molar-refractivity contribution in [3.05, 3.63) is 59.8 Å². The molecule has 148 valence electrons. The van der Waals surface area contributed by atoms with E-state index in [0.717, 1.165) is 22.0 Å². The molecule has 0 atom stereocenters. The molecule has 6 nitrogen and oxygen atoms in total. The van der Waals surface area contributed by atoms with E-state index in [-0.39, 0.29) is 16.3 Å². The lowest BCUT2D eigenvalue weighted by Gasteiger charge is -2.11. The summed E-state index contributed by atoms with van der Waals surface area (Å²) in [6.45, 7) is 1.83. The van der Waals surface area contributed by atoms with Crippen molar-refractivity contribution < 1.29 is 21.6 Å². The second-order valence-corrected chi connectivity index (χ2v) is 7.70. The lowest BCUT2D eigenvalue weighted by Crippen LogP contribution is -2.12. The van der Waals surface area contributed by atoms with E-state index in [1.54, 1.807) is 25.2 Å². The summed E-state index contributed by atoms with van der Waals surface area (Å²) in [5, 5.41) is 11.8. The molecule has 1 heterocycles. The number of primary sulfonamides is 1. The zero-order valence-corrected chi connectivity index (χ0v) is 15.8. The summed E-state index contributed by atoms with van der Waals surface area (Å²) in [6.07, 6.45) is -4.62. The Kier molecular flexibility index (Phi) is 4.94. The Balaban J connectivity index is 2.18. The van der Waals surface area contributed by atoms with E-state index in [1.807, 2.05) is 6.92 Å². The number of aromatic nitrogens is 2. The van der Waals surface area contributed by atoms with E-state index < -0.39 is 21.9 Å². The van der Waals surface area contributed by atoms with Crippen LogP contribution >= 0.6 is 0 Å². The average Bonchev–Trinajstić information content (AvgIpc) is 3.07. The van der Waals surface area contributed by atoms with Crippen LogP contribution in [0, 0.1) is 6.92 Å². The zero-order valence-electron chi connectivity index (χ0n) is 14.9. The third kappa shape index (κ3) is 3.87. The molecule has 0 radical (unpaired) electrons. The van der Waals surface area contributed by atoms with Gasteiger partial charge >= 0.3 is 6.18 Å². The number of hydrogen-bond acceptors (Lipinski definition) is 4. The quantitative estimate of drug-likeness (QED) is 0.688. The standard InChI is InChI=1S/C18H17F3N4O2S/c1-11-9-12(3-8-15(11)23-2)16-10-17(18(19,20)21)24-25(16)13-4-6-14(7-5-13)28(22,26)27/h3-10,23H,1-2H3,(H2,22,26,27). The van der Waals surface area contributed by atoms with E-state index in [2.05, 4.69) is 10.4 Å². The third-order valence-corrected chi connectivity index (χ3v) is 5.13. The van der Waals surface area contributed by atoms with E-state index >= 15 is 0 Å². The van der Waals surface area contributed by atoms with Gasteiger partial charge < -0.3 is 5.32 Å². The number of sulfonamides is 1. The Bertz CT molecular complexity index is 1120. The number of nitrogens with two attached hydrogens (primary N) is 1.